The Morgan fingerprint density at radius 2 is 1.24 bits per heavy atom. The van der Waals surface area contributed by atoms with Crippen LogP contribution in [0.1, 0.15) is 40.5 Å². The van der Waals surface area contributed by atoms with Gasteiger partial charge in [-0.1, -0.05) is 13.8 Å². The van der Waals surface area contributed by atoms with Gasteiger partial charge in [-0.2, -0.15) is 12.6 Å². The number of carboxylic acid groups (broad SMARTS) is 2. The van der Waals surface area contributed by atoms with E-state index in [1.54, 1.807) is 13.8 Å². The van der Waals surface area contributed by atoms with Crippen LogP contribution in [0.25, 0.3) is 0 Å². The van der Waals surface area contributed by atoms with E-state index in [-0.39, 0.29) is 18.1 Å². The van der Waals surface area contributed by atoms with Crippen molar-refractivity contribution in [2.45, 2.75) is 70.7 Å². The molecule has 13 nitrogen and oxygen atoms in total. The van der Waals surface area contributed by atoms with Gasteiger partial charge in [0, 0.05) is 5.75 Å². The molecule has 0 saturated heterocycles. The summed E-state index contributed by atoms with van der Waals surface area (Å²) >= 11 is 3.98. The second-order valence-corrected chi connectivity index (χ2v) is 8.32. The Balaban J connectivity index is 5.23. The molecule has 0 aliphatic rings. The first-order valence-electron chi connectivity index (χ1n) is 10.2. The van der Waals surface area contributed by atoms with Gasteiger partial charge >= 0.3 is 11.9 Å². The summed E-state index contributed by atoms with van der Waals surface area (Å²) in [6.07, 6.45) is -0.713. The first-order chi connectivity index (χ1) is 15.2. The van der Waals surface area contributed by atoms with Crippen LogP contribution in [0.5, 0.6) is 0 Å². The van der Waals surface area contributed by atoms with Crippen LogP contribution in [0, 0.1) is 5.92 Å². The number of carbonyl (C=O) groups excluding carboxylic acids is 4. The van der Waals surface area contributed by atoms with Gasteiger partial charge in [-0.15, -0.1) is 0 Å². The number of thiol groups is 1. The van der Waals surface area contributed by atoms with Crippen molar-refractivity contribution in [3.05, 3.63) is 0 Å². The van der Waals surface area contributed by atoms with Crippen LogP contribution in [-0.2, 0) is 28.8 Å². The van der Waals surface area contributed by atoms with E-state index in [4.69, 9.17) is 10.8 Å². The van der Waals surface area contributed by atoms with Crippen molar-refractivity contribution in [2.75, 3.05) is 5.75 Å². The summed E-state index contributed by atoms with van der Waals surface area (Å²) in [5.74, 6) is -6.10. The molecular weight excluding hydrogens is 458 g/mol. The summed E-state index contributed by atoms with van der Waals surface area (Å²) in [7, 11) is 0. The van der Waals surface area contributed by atoms with Gasteiger partial charge in [-0.25, -0.2) is 4.79 Å². The number of nitrogens with one attached hydrogen (secondary N) is 4. The van der Waals surface area contributed by atoms with Gasteiger partial charge in [-0.05, 0) is 26.2 Å². The maximum Gasteiger partial charge on any atom is 0.326 e. The molecule has 188 valence electrons. The number of carbonyl (C=O) groups is 6. The highest BCUT2D eigenvalue weighted by Gasteiger charge is 2.31. The van der Waals surface area contributed by atoms with Crippen molar-refractivity contribution in [2.24, 2.45) is 11.7 Å². The van der Waals surface area contributed by atoms with Crippen molar-refractivity contribution in [3.63, 3.8) is 0 Å². The third-order valence-corrected chi connectivity index (χ3v) is 4.68. The summed E-state index contributed by atoms with van der Waals surface area (Å²) in [5.41, 5.74) is 5.44. The minimum Gasteiger partial charge on any atom is -0.481 e. The second kappa shape index (κ2) is 14.3. The highest BCUT2D eigenvalue weighted by molar-refractivity contribution is 7.80. The van der Waals surface area contributed by atoms with Crippen LogP contribution < -0.4 is 27.0 Å². The van der Waals surface area contributed by atoms with Gasteiger partial charge in [0.2, 0.25) is 23.6 Å². The van der Waals surface area contributed by atoms with Crippen LogP contribution >= 0.6 is 12.6 Å². The van der Waals surface area contributed by atoms with E-state index >= 15 is 0 Å². The zero-order valence-electron chi connectivity index (χ0n) is 19.0. The molecule has 0 aliphatic heterocycles. The predicted molar refractivity (Wildman–Crippen MR) is 120 cm³/mol. The highest BCUT2D eigenvalue weighted by atomic mass is 32.1. The fourth-order valence-corrected chi connectivity index (χ4v) is 2.78. The van der Waals surface area contributed by atoms with Crippen LogP contribution in [0.4, 0.5) is 0 Å². The third-order valence-electron chi connectivity index (χ3n) is 4.31. The number of aliphatic carboxylic acids is 2. The number of hydrogen-bond acceptors (Lipinski definition) is 8. The van der Waals surface area contributed by atoms with Gasteiger partial charge in [0.05, 0.1) is 12.5 Å². The van der Waals surface area contributed by atoms with Gasteiger partial charge in [0.25, 0.3) is 0 Å². The molecule has 0 fully saturated rings. The average molecular weight is 492 g/mol. The van der Waals surface area contributed by atoms with Crippen LogP contribution in [0.15, 0.2) is 0 Å². The SMILES string of the molecule is CC(C)C[C@H](NC(=O)[C@H](CC(=O)O)NC(=O)[C@H](C)NC(=O)[C@H](CS)NC(=O)[C@H](C)N)C(=O)O. The van der Waals surface area contributed by atoms with E-state index in [2.05, 4.69) is 33.9 Å². The molecule has 0 spiro atoms. The number of amides is 4. The number of rotatable bonds is 14. The van der Waals surface area contributed by atoms with Gasteiger partial charge in [-0.3, -0.25) is 24.0 Å². The molecule has 4 amide bonds. The maximum absolute atomic E-state index is 12.5. The molecule has 0 aromatic carbocycles. The first-order valence-corrected chi connectivity index (χ1v) is 10.8. The molecule has 8 N–H and O–H groups in total. The van der Waals surface area contributed by atoms with Crippen molar-refractivity contribution in [1.29, 1.82) is 0 Å². The van der Waals surface area contributed by atoms with Gasteiger partial charge in [0.15, 0.2) is 0 Å². The summed E-state index contributed by atoms with van der Waals surface area (Å²) in [4.78, 5) is 71.5. The summed E-state index contributed by atoms with van der Waals surface area (Å²) in [6, 6.07) is -6.04. The number of hydrogen-bond donors (Lipinski definition) is 8. The van der Waals surface area contributed by atoms with Crippen LogP contribution in [-0.4, -0.2) is 81.7 Å². The van der Waals surface area contributed by atoms with Crippen LogP contribution in [0.3, 0.4) is 0 Å². The quantitative estimate of drug-likeness (QED) is 0.124. The van der Waals surface area contributed by atoms with E-state index in [1.807, 2.05) is 0 Å². The second-order valence-electron chi connectivity index (χ2n) is 7.95. The lowest BCUT2D eigenvalue weighted by Gasteiger charge is -2.24. The molecule has 0 radical (unpaired) electrons. The maximum atomic E-state index is 12.5. The molecule has 5 atom stereocenters. The minimum atomic E-state index is -1.58. The summed E-state index contributed by atoms with van der Waals surface area (Å²) in [5, 5.41) is 27.5. The number of carboxylic acids is 2. The lowest BCUT2D eigenvalue weighted by Crippen LogP contribution is -2.58. The zero-order chi connectivity index (χ0) is 25.9. The van der Waals surface area contributed by atoms with Crippen molar-refractivity contribution in [3.8, 4) is 0 Å². The molecule has 33 heavy (non-hydrogen) atoms. The lowest BCUT2D eigenvalue weighted by atomic mass is 10.0. The number of nitrogens with two attached hydrogens (primary N) is 1. The topological polar surface area (TPSA) is 217 Å². The Hall–Kier alpha value is -2.87. The lowest BCUT2D eigenvalue weighted by molar-refractivity contribution is -0.144. The Morgan fingerprint density at radius 3 is 1.67 bits per heavy atom. The van der Waals surface area contributed by atoms with E-state index < -0.39 is 72.2 Å². The molecule has 0 aromatic rings. The van der Waals surface area contributed by atoms with Gasteiger partial charge < -0.3 is 37.2 Å². The molecule has 0 heterocycles. The third kappa shape index (κ3) is 11.5. The average Bonchev–Trinajstić information content (AvgIpc) is 2.69. The van der Waals surface area contributed by atoms with E-state index in [0.717, 1.165) is 0 Å². The Morgan fingerprint density at radius 1 is 0.758 bits per heavy atom. The minimum absolute atomic E-state index is 0.0725. The molecule has 14 heteroatoms. The molecule has 0 aliphatic carbocycles. The van der Waals surface area contributed by atoms with E-state index in [1.165, 1.54) is 13.8 Å². The van der Waals surface area contributed by atoms with E-state index in [0.29, 0.717) is 0 Å². The van der Waals surface area contributed by atoms with Crippen molar-refractivity contribution >= 4 is 48.2 Å². The van der Waals surface area contributed by atoms with Crippen molar-refractivity contribution in [1.82, 2.24) is 21.3 Å². The molecule has 0 rings (SSSR count). The molecule has 0 unspecified atom stereocenters. The fourth-order valence-electron chi connectivity index (χ4n) is 2.52. The smallest absolute Gasteiger partial charge is 0.326 e. The predicted octanol–water partition coefficient (Wildman–Crippen LogP) is -2.17. The summed E-state index contributed by atoms with van der Waals surface area (Å²) < 4.78 is 0. The summed E-state index contributed by atoms with van der Waals surface area (Å²) in [6.45, 7) is 6.20. The zero-order valence-corrected chi connectivity index (χ0v) is 19.8. The Kier molecular flexibility index (Phi) is 13.1. The fraction of sp³-hybridized carbons (Fsp3) is 0.684. The molecular formula is C19H33N5O8S. The standard InChI is InChI=1S/C19H33N5O8S/c1-8(2)5-12(19(31)32)23-17(29)11(6-14(25)26)22-16(28)10(4)21-18(30)13(7-33)24-15(27)9(3)20/h8-13,33H,5-7,20H2,1-4H3,(H,21,30)(H,22,28)(H,23,29)(H,24,27)(H,25,26)(H,31,32)/t9-,10-,11-,12-,13-/m0/s1. The monoisotopic (exact) mass is 491 g/mol. The van der Waals surface area contributed by atoms with Crippen molar-refractivity contribution < 1.29 is 39.0 Å². The Bertz CT molecular complexity index is 746. The highest BCUT2D eigenvalue weighted by Crippen LogP contribution is 2.06. The molecule has 0 bridgehead atoms. The Labute approximate surface area is 197 Å². The first kappa shape index (κ1) is 30.1. The molecule has 0 saturated carbocycles. The van der Waals surface area contributed by atoms with Crippen LogP contribution in [0.2, 0.25) is 0 Å². The van der Waals surface area contributed by atoms with E-state index in [9.17, 15) is 33.9 Å². The molecule has 0 aromatic heterocycles. The van der Waals surface area contributed by atoms with Gasteiger partial charge in [0.1, 0.15) is 24.2 Å². The largest absolute Gasteiger partial charge is 0.481 e. The normalized spacial score (nSPS) is 15.4.